The lowest BCUT2D eigenvalue weighted by Gasteiger charge is -2.20. The van der Waals surface area contributed by atoms with Crippen molar-refractivity contribution in [2.75, 3.05) is 5.32 Å². The molecule has 0 atom stereocenters. The third-order valence-corrected chi connectivity index (χ3v) is 5.36. The summed E-state index contributed by atoms with van der Waals surface area (Å²) in [6, 6.07) is 6.09. The summed E-state index contributed by atoms with van der Waals surface area (Å²) < 4.78 is 17.6. The minimum atomic E-state index is -0.501. The summed E-state index contributed by atoms with van der Waals surface area (Å²) in [4.78, 5) is 18.3. The second kappa shape index (κ2) is 8.02. The summed E-state index contributed by atoms with van der Waals surface area (Å²) in [6.07, 6.45) is 0. The molecule has 3 heterocycles. The second-order valence-corrected chi connectivity index (χ2v) is 9.37. The lowest BCUT2D eigenvalue weighted by molar-refractivity contribution is 0.102. The van der Waals surface area contributed by atoms with Crippen LogP contribution >= 0.6 is 0 Å². The SMILES string of the molecule is Cc1nn(C(C)(C)C)c2nc(C(C)C)cc(C(=O)Nc3ccc(F)c(-n4nnnc4C)c3)c12. The highest BCUT2D eigenvalue weighted by atomic mass is 19.1. The third kappa shape index (κ3) is 4.08. The monoisotopic (exact) mass is 450 g/mol. The Morgan fingerprint density at radius 1 is 1.15 bits per heavy atom. The Kier molecular flexibility index (Phi) is 5.47. The van der Waals surface area contributed by atoms with Crippen molar-refractivity contribution in [2.24, 2.45) is 0 Å². The van der Waals surface area contributed by atoms with Gasteiger partial charge in [-0.15, -0.1) is 5.10 Å². The number of aryl methyl sites for hydroxylation is 2. The van der Waals surface area contributed by atoms with E-state index >= 15 is 0 Å². The summed E-state index contributed by atoms with van der Waals surface area (Å²) >= 11 is 0. The Hall–Kier alpha value is -3.69. The number of aromatic nitrogens is 7. The Balaban J connectivity index is 1.81. The predicted molar refractivity (Wildman–Crippen MR) is 123 cm³/mol. The molecule has 3 aromatic heterocycles. The fraction of sp³-hybridized carbons (Fsp3) is 0.391. The lowest BCUT2D eigenvalue weighted by Crippen LogP contribution is -2.24. The average Bonchev–Trinajstić information content (AvgIpc) is 3.31. The van der Waals surface area contributed by atoms with Gasteiger partial charge < -0.3 is 5.32 Å². The number of rotatable bonds is 4. The van der Waals surface area contributed by atoms with Crippen LogP contribution in [0, 0.1) is 19.7 Å². The van der Waals surface area contributed by atoms with Gasteiger partial charge in [-0.2, -0.15) is 9.78 Å². The van der Waals surface area contributed by atoms with Gasteiger partial charge >= 0.3 is 0 Å². The molecule has 33 heavy (non-hydrogen) atoms. The molecule has 4 aromatic rings. The van der Waals surface area contributed by atoms with Crippen LogP contribution < -0.4 is 5.32 Å². The summed E-state index contributed by atoms with van der Waals surface area (Å²) in [7, 11) is 0. The zero-order valence-electron chi connectivity index (χ0n) is 19.8. The number of tetrazole rings is 1. The molecular weight excluding hydrogens is 423 g/mol. The van der Waals surface area contributed by atoms with Crippen molar-refractivity contribution in [3.63, 3.8) is 0 Å². The molecule has 172 valence electrons. The number of nitrogens with one attached hydrogen (secondary N) is 1. The standard InChI is InChI=1S/C23H27FN8O/c1-12(2)18-11-16(20-13(3)28-32(21(20)26-18)23(5,6)7)22(33)25-15-8-9-17(24)19(10-15)31-14(4)27-29-30-31/h8-12H,1-7H3,(H,25,33). The normalized spacial score (nSPS) is 12.0. The van der Waals surface area contributed by atoms with E-state index in [9.17, 15) is 9.18 Å². The Morgan fingerprint density at radius 3 is 2.48 bits per heavy atom. The van der Waals surface area contributed by atoms with E-state index in [0.717, 1.165) is 11.4 Å². The summed E-state index contributed by atoms with van der Waals surface area (Å²) in [6.45, 7) is 13.7. The molecule has 0 aliphatic carbocycles. The Morgan fingerprint density at radius 2 is 1.88 bits per heavy atom. The van der Waals surface area contributed by atoms with Crippen LogP contribution in [-0.4, -0.2) is 40.9 Å². The van der Waals surface area contributed by atoms with Gasteiger partial charge in [-0.3, -0.25) is 4.79 Å². The first kappa shape index (κ1) is 22.5. The number of hydrogen-bond acceptors (Lipinski definition) is 6. The molecule has 0 radical (unpaired) electrons. The van der Waals surface area contributed by atoms with Crippen LogP contribution in [0.1, 0.15) is 68.1 Å². The molecule has 0 bridgehead atoms. The van der Waals surface area contributed by atoms with Crippen LogP contribution in [0.5, 0.6) is 0 Å². The number of carbonyl (C=O) groups excluding carboxylic acids is 1. The Bertz CT molecular complexity index is 1360. The summed E-state index contributed by atoms with van der Waals surface area (Å²) in [5.74, 6) is -0.282. The van der Waals surface area contributed by atoms with Crippen molar-refractivity contribution < 1.29 is 9.18 Å². The van der Waals surface area contributed by atoms with Gasteiger partial charge in [0.2, 0.25) is 0 Å². The zero-order chi connectivity index (χ0) is 24.1. The van der Waals surface area contributed by atoms with Crippen molar-refractivity contribution in [2.45, 2.75) is 59.9 Å². The molecule has 1 aromatic carbocycles. The molecular formula is C23H27FN8O. The molecule has 9 nitrogen and oxygen atoms in total. The number of halogens is 1. The van der Waals surface area contributed by atoms with E-state index in [2.05, 4.69) is 25.9 Å². The van der Waals surface area contributed by atoms with Gasteiger partial charge in [0.1, 0.15) is 11.5 Å². The number of benzene rings is 1. The van der Waals surface area contributed by atoms with E-state index < -0.39 is 5.82 Å². The number of nitrogens with zero attached hydrogens (tertiary/aromatic N) is 7. The number of fused-ring (bicyclic) bond motifs is 1. The van der Waals surface area contributed by atoms with Crippen molar-refractivity contribution in [1.29, 1.82) is 0 Å². The average molecular weight is 451 g/mol. The molecule has 0 aliphatic heterocycles. The first-order chi connectivity index (χ1) is 15.5. The molecule has 0 aliphatic rings. The predicted octanol–water partition coefficient (Wildman–Crippen LogP) is 4.29. The van der Waals surface area contributed by atoms with E-state index in [0.29, 0.717) is 28.1 Å². The first-order valence-electron chi connectivity index (χ1n) is 10.7. The number of hydrogen-bond donors (Lipinski definition) is 1. The minimum Gasteiger partial charge on any atom is -0.322 e. The van der Waals surface area contributed by atoms with Gasteiger partial charge in [-0.05, 0) is 75.2 Å². The van der Waals surface area contributed by atoms with Crippen LogP contribution in [0.2, 0.25) is 0 Å². The van der Waals surface area contributed by atoms with Gasteiger partial charge in [0.15, 0.2) is 11.5 Å². The highest BCUT2D eigenvalue weighted by Gasteiger charge is 2.25. The topological polar surface area (TPSA) is 103 Å². The molecule has 1 amide bonds. The zero-order valence-corrected chi connectivity index (χ0v) is 19.8. The molecule has 0 saturated carbocycles. The lowest BCUT2D eigenvalue weighted by atomic mass is 10.0. The van der Waals surface area contributed by atoms with Crippen molar-refractivity contribution in [3.8, 4) is 5.69 Å². The van der Waals surface area contributed by atoms with Crippen molar-refractivity contribution >= 4 is 22.6 Å². The second-order valence-electron chi connectivity index (χ2n) is 9.37. The minimum absolute atomic E-state index is 0.116. The fourth-order valence-electron chi connectivity index (χ4n) is 3.66. The highest BCUT2D eigenvalue weighted by molar-refractivity contribution is 6.12. The number of pyridine rings is 1. The number of anilines is 1. The number of carbonyl (C=O) groups is 1. The molecule has 10 heteroatoms. The van der Waals surface area contributed by atoms with Crippen molar-refractivity contribution in [1.82, 2.24) is 35.0 Å². The van der Waals surface area contributed by atoms with Gasteiger partial charge in [0.05, 0.1) is 22.2 Å². The number of amides is 1. The summed E-state index contributed by atoms with van der Waals surface area (Å²) in [5, 5.41) is 19.4. The van der Waals surface area contributed by atoms with E-state index in [-0.39, 0.29) is 23.1 Å². The summed E-state index contributed by atoms with van der Waals surface area (Å²) in [5.41, 5.74) is 2.91. The third-order valence-electron chi connectivity index (χ3n) is 5.36. The van der Waals surface area contributed by atoms with Crippen LogP contribution in [-0.2, 0) is 5.54 Å². The maximum atomic E-state index is 14.4. The van der Waals surface area contributed by atoms with Gasteiger partial charge in [0, 0.05) is 11.4 Å². The van der Waals surface area contributed by atoms with Gasteiger partial charge in [0.25, 0.3) is 5.91 Å². The maximum absolute atomic E-state index is 14.4. The molecule has 0 fully saturated rings. The van der Waals surface area contributed by atoms with Crippen LogP contribution in [0.3, 0.4) is 0 Å². The molecule has 1 N–H and O–H groups in total. The molecule has 4 rings (SSSR count). The van der Waals surface area contributed by atoms with E-state index in [1.54, 1.807) is 13.0 Å². The smallest absolute Gasteiger partial charge is 0.256 e. The first-order valence-corrected chi connectivity index (χ1v) is 10.7. The highest BCUT2D eigenvalue weighted by Crippen LogP contribution is 2.29. The fourth-order valence-corrected chi connectivity index (χ4v) is 3.66. The van der Waals surface area contributed by atoms with Crippen molar-refractivity contribution in [3.05, 3.63) is 52.9 Å². The van der Waals surface area contributed by atoms with Gasteiger partial charge in [-0.25, -0.2) is 14.1 Å². The Labute approximate surface area is 191 Å². The molecule has 0 spiro atoms. The van der Waals surface area contributed by atoms with Crippen LogP contribution in [0.25, 0.3) is 16.7 Å². The van der Waals surface area contributed by atoms with Gasteiger partial charge in [-0.1, -0.05) is 13.8 Å². The van der Waals surface area contributed by atoms with E-state index in [4.69, 9.17) is 4.98 Å². The largest absolute Gasteiger partial charge is 0.322 e. The maximum Gasteiger partial charge on any atom is 0.256 e. The van der Waals surface area contributed by atoms with E-state index in [1.807, 2.05) is 46.2 Å². The molecule has 0 saturated heterocycles. The van der Waals surface area contributed by atoms with Crippen LogP contribution in [0.15, 0.2) is 24.3 Å². The molecule has 0 unspecified atom stereocenters. The van der Waals surface area contributed by atoms with Crippen LogP contribution in [0.4, 0.5) is 10.1 Å². The quantitative estimate of drug-likeness (QED) is 0.497. The van der Waals surface area contributed by atoms with E-state index in [1.165, 1.54) is 22.9 Å².